The van der Waals surface area contributed by atoms with Crippen molar-refractivity contribution in [1.29, 1.82) is 0 Å². The summed E-state index contributed by atoms with van der Waals surface area (Å²) in [4.78, 5) is 17.0. The van der Waals surface area contributed by atoms with E-state index in [9.17, 15) is 13.2 Å². The molecular formula is C20H27N3O4S2. The molecular weight excluding hydrogens is 410 g/mol. The van der Waals surface area contributed by atoms with Crippen LogP contribution in [0.25, 0.3) is 0 Å². The highest BCUT2D eigenvalue weighted by molar-refractivity contribution is 7.98. The fourth-order valence-electron chi connectivity index (χ4n) is 2.58. The number of sulfonamides is 1. The molecule has 0 aliphatic heterocycles. The number of ether oxygens (including phenoxy) is 1. The van der Waals surface area contributed by atoms with Crippen molar-refractivity contribution in [3.8, 4) is 5.88 Å². The maximum absolute atomic E-state index is 12.7. The van der Waals surface area contributed by atoms with E-state index in [4.69, 9.17) is 4.74 Å². The Morgan fingerprint density at radius 3 is 2.62 bits per heavy atom. The molecule has 2 aromatic rings. The van der Waals surface area contributed by atoms with Crippen molar-refractivity contribution in [3.63, 3.8) is 0 Å². The summed E-state index contributed by atoms with van der Waals surface area (Å²) in [5.74, 6) is 0.711. The number of carbonyl (C=O) groups excluding carboxylic acids is 1. The van der Waals surface area contributed by atoms with Crippen molar-refractivity contribution in [2.24, 2.45) is 0 Å². The lowest BCUT2D eigenvalue weighted by molar-refractivity contribution is -0.122. The van der Waals surface area contributed by atoms with E-state index in [1.54, 1.807) is 36.2 Å². The summed E-state index contributed by atoms with van der Waals surface area (Å²) in [7, 11) is -3.81. The molecule has 0 spiro atoms. The maximum atomic E-state index is 12.7. The zero-order valence-corrected chi connectivity index (χ0v) is 18.5. The number of aromatic nitrogens is 1. The summed E-state index contributed by atoms with van der Waals surface area (Å²) in [6, 6.07) is 9.21. The second kappa shape index (κ2) is 11.2. The smallest absolute Gasteiger partial charge is 0.241 e. The van der Waals surface area contributed by atoms with Crippen molar-refractivity contribution in [2.45, 2.75) is 37.8 Å². The van der Waals surface area contributed by atoms with Gasteiger partial charge in [-0.25, -0.2) is 13.4 Å². The number of hydrogen-bond acceptors (Lipinski definition) is 6. The van der Waals surface area contributed by atoms with Gasteiger partial charge in [-0.2, -0.15) is 16.5 Å². The third-order valence-electron chi connectivity index (χ3n) is 4.14. The number of pyridine rings is 1. The Morgan fingerprint density at radius 1 is 1.24 bits per heavy atom. The van der Waals surface area contributed by atoms with Gasteiger partial charge in [0.15, 0.2) is 0 Å². The molecule has 2 N–H and O–H groups in total. The molecule has 0 saturated carbocycles. The van der Waals surface area contributed by atoms with Gasteiger partial charge in [-0.3, -0.25) is 4.79 Å². The van der Waals surface area contributed by atoms with Crippen LogP contribution in [-0.2, 0) is 21.4 Å². The van der Waals surface area contributed by atoms with Gasteiger partial charge >= 0.3 is 0 Å². The van der Waals surface area contributed by atoms with E-state index in [0.717, 1.165) is 11.1 Å². The molecule has 0 radical (unpaired) electrons. The number of hydrogen-bond donors (Lipinski definition) is 2. The Labute approximate surface area is 176 Å². The van der Waals surface area contributed by atoms with E-state index in [-0.39, 0.29) is 17.3 Å². The van der Waals surface area contributed by atoms with Gasteiger partial charge < -0.3 is 10.1 Å². The van der Waals surface area contributed by atoms with Gasteiger partial charge in [0.25, 0.3) is 0 Å². The first-order chi connectivity index (χ1) is 13.9. The quantitative estimate of drug-likeness (QED) is 0.561. The molecule has 1 heterocycles. The Bertz CT molecular complexity index is 902. The number of rotatable bonds is 11. The summed E-state index contributed by atoms with van der Waals surface area (Å²) >= 11 is 1.55. The van der Waals surface area contributed by atoms with E-state index < -0.39 is 16.1 Å². The summed E-state index contributed by atoms with van der Waals surface area (Å²) in [5.41, 5.74) is 1.69. The Morgan fingerprint density at radius 2 is 1.97 bits per heavy atom. The van der Waals surface area contributed by atoms with E-state index >= 15 is 0 Å². The summed E-state index contributed by atoms with van der Waals surface area (Å²) in [5, 5.41) is 2.79. The lowest BCUT2D eigenvalue weighted by atomic mass is 10.2. The highest BCUT2D eigenvalue weighted by Gasteiger charge is 2.25. The first-order valence-corrected chi connectivity index (χ1v) is 12.2. The minimum atomic E-state index is -3.81. The van der Waals surface area contributed by atoms with Crippen LogP contribution in [0.1, 0.15) is 24.5 Å². The van der Waals surface area contributed by atoms with Crippen LogP contribution in [0.3, 0.4) is 0 Å². The topological polar surface area (TPSA) is 97.4 Å². The molecule has 1 aromatic carbocycles. The first kappa shape index (κ1) is 23.2. The summed E-state index contributed by atoms with van der Waals surface area (Å²) < 4.78 is 33.4. The van der Waals surface area contributed by atoms with Crippen LogP contribution in [0.4, 0.5) is 0 Å². The van der Waals surface area contributed by atoms with Gasteiger partial charge in [-0.15, -0.1) is 0 Å². The molecule has 0 aliphatic rings. The molecule has 1 aromatic heterocycles. The van der Waals surface area contributed by atoms with Crippen molar-refractivity contribution < 1.29 is 17.9 Å². The molecule has 9 heteroatoms. The van der Waals surface area contributed by atoms with Crippen LogP contribution in [0.15, 0.2) is 47.5 Å². The van der Waals surface area contributed by atoms with Crippen molar-refractivity contribution in [3.05, 3.63) is 53.7 Å². The monoisotopic (exact) mass is 437 g/mol. The number of nitrogens with one attached hydrogen (secondary N) is 2. The van der Waals surface area contributed by atoms with E-state index in [1.807, 2.05) is 26.2 Å². The molecule has 0 bridgehead atoms. The zero-order chi connectivity index (χ0) is 21.3. The molecule has 158 valence electrons. The first-order valence-electron chi connectivity index (χ1n) is 9.29. The minimum absolute atomic E-state index is 0.135. The van der Waals surface area contributed by atoms with Crippen molar-refractivity contribution in [1.82, 2.24) is 15.0 Å². The number of amides is 1. The second-order valence-corrected chi connectivity index (χ2v) is 9.09. The number of benzene rings is 1. The van der Waals surface area contributed by atoms with Gasteiger partial charge in [-0.1, -0.05) is 23.8 Å². The van der Waals surface area contributed by atoms with Crippen LogP contribution in [-0.4, -0.2) is 44.0 Å². The van der Waals surface area contributed by atoms with E-state index in [1.165, 1.54) is 12.1 Å². The Hall–Kier alpha value is -2.10. The molecule has 2 rings (SSSR count). The van der Waals surface area contributed by atoms with E-state index in [0.29, 0.717) is 24.7 Å². The van der Waals surface area contributed by atoms with Crippen LogP contribution in [0.5, 0.6) is 5.88 Å². The highest BCUT2D eigenvalue weighted by Crippen LogP contribution is 2.15. The molecule has 29 heavy (non-hydrogen) atoms. The average molecular weight is 438 g/mol. The molecule has 0 aliphatic carbocycles. The fourth-order valence-corrected chi connectivity index (χ4v) is 4.28. The molecule has 1 amide bonds. The average Bonchev–Trinajstić information content (AvgIpc) is 2.70. The van der Waals surface area contributed by atoms with Crippen molar-refractivity contribution in [2.75, 3.05) is 18.6 Å². The summed E-state index contributed by atoms with van der Waals surface area (Å²) in [6.45, 7) is 4.40. The minimum Gasteiger partial charge on any atom is -0.478 e. The van der Waals surface area contributed by atoms with Crippen LogP contribution < -0.4 is 14.8 Å². The maximum Gasteiger partial charge on any atom is 0.241 e. The molecule has 1 unspecified atom stereocenters. The van der Waals surface area contributed by atoms with Crippen LogP contribution in [0, 0.1) is 6.92 Å². The fraction of sp³-hybridized carbons (Fsp3) is 0.400. The zero-order valence-electron chi connectivity index (χ0n) is 16.8. The van der Waals surface area contributed by atoms with Gasteiger partial charge in [-0.05, 0) is 50.5 Å². The largest absolute Gasteiger partial charge is 0.478 e. The molecule has 1 atom stereocenters. The van der Waals surface area contributed by atoms with Gasteiger partial charge in [0.1, 0.15) is 6.04 Å². The predicted octanol–water partition coefficient (Wildman–Crippen LogP) is 2.51. The van der Waals surface area contributed by atoms with Gasteiger partial charge in [0, 0.05) is 18.3 Å². The lowest BCUT2D eigenvalue weighted by Crippen LogP contribution is -2.46. The van der Waals surface area contributed by atoms with Crippen LogP contribution in [0.2, 0.25) is 0 Å². The van der Waals surface area contributed by atoms with E-state index in [2.05, 4.69) is 15.0 Å². The molecule has 7 nitrogen and oxygen atoms in total. The predicted molar refractivity (Wildman–Crippen MR) is 116 cm³/mol. The van der Waals surface area contributed by atoms with Gasteiger partial charge in [0.05, 0.1) is 11.5 Å². The van der Waals surface area contributed by atoms with Crippen LogP contribution >= 0.6 is 11.8 Å². The second-order valence-electron chi connectivity index (χ2n) is 6.39. The number of carbonyl (C=O) groups is 1. The Balaban J connectivity index is 2.10. The number of aryl methyl sites for hydroxylation is 1. The summed E-state index contributed by atoms with van der Waals surface area (Å²) in [6.07, 6.45) is 3.91. The third kappa shape index (κ3) is 7.02. The highest BCUT2D eigenvalue weighted by atomic mass is 32.2. The third-order valence-corrected chi connectivity index (χ3v) is 6.27. The molecule has 0 saturated heterocycles. The number of nitrogens with zero attached hydrogens (tertiary/aromatic N) is 1. The van der Waals surface area contributed by atoms with Gasteiger partial charge in [0.2, 0.25) is 21.8 Å². The molecule has 0 fully saturated rings. The SMILES string of the molecule is CCOc1ncccc1CNC(=O)C(CCSC)NS(=O)(=O)c1ccc(C)cc1. The van der Waals surface area contributed by atoms with Crippen molar-refractivity contribution >= 4 is 27.7 Å². The Kier molecular flexibility index (Phi) is 8.94. The standard InChI is InChI=1S/C20H27N3O4S2/c1-4-27-20-16(6-5-12-21-20)14-22-19(24)18(11-13-28-3)23-29(25,26)17-9-7-15(2)8-10-17/h5-10,12,18,23H,4,11,13-14H2,1-3H3,(H,22,24). The number of thioether (sulfide) groups is 1. The lowest BCUT2D eigenvalue weighted by Gasteiger charge is -2.19. The normalized spacial score (nSPS) is 12.4.